The van der Waals surface area contributed by atoms with Crippen molar-refractivity contribution in [2.45, 2.75) is 18.2 Å². The minimum Gasteiger partial charge on any atom is -0.280 e. The molecule has 0 bridgehead atoms. The summed E-state index contributed by atoms with van der Waals surface area (Å²) in [7, 11) is -3.67. The number of anilines is 1. The van der Waals surface area contributed by atoms with Gasteiger partial charge in [-0.3, -0.25) is 4.72 Å². The quantitative estimate of drug-likeness (QED) is 0.425. The lowest BCUT2D eigenvalue weighted by atomic mass is 10.2. The van der Waals surface area contributed by atoms with Crippen molar-refractivity contribution in [2.24, 2.45) is 0 Å². The molecule has 0 aliphatic heterocycles. The molecule has 0 saturated heterocycles. The first-order valence-corrected chi connectivity index (χ1v) is 11.4. The normalized spacial score (nSPS) is 11.6. The van der Waals surface area contributed by atoms with E-state index in [-0.39, 0.29) is 4.90 Å². The summed E-state index contributed by atoms with van der Waals surface area (Å²) < 4.78 is 28.9. The molecule has 142 valence electrons. The van der Waals surface area contributed by atoms with Crippen molar-refractivity contribution in [1.29, 1.82) is 0 Å². The monoisotopic (exact) mass is 428 g/mol. The summed E-state index contributed by atoms with van der Waals surface area (Å²) in [5, 5.41) is 1.25. The molecule has 4 nitrogen and oxygen atoms in total. The molecule has 4 aromatic rings. The minimum atomic E-state index is -3.67. The van der Waals surface area contributed by atoms with Crippen molar-refractivity contribution in [3.63, 3.8) is 0 Å². The van der Waals surface area contributed by atoms with Crippen LogP contribution in [0.2, 0.25) is 5.02 Å². The Morgan fingerprint density at radius 3 is 2.46 bits per heavy atom. The maximum absolute atomic E-state index is 12.6. The lowest BCUT2D eigenvalue weighted by Gasteiger charge is -2.10. The van der Waals surface area contributed by atoms with Crippen molar-refractivity contribution in [3.05, 3.63) is 77.3 Å². The summed E-state index contributed by atoms with van der Waals surface area (Å²) >= 11 is 7.99. The van der Waals surface area contributed by atoms with Crippen LogP contribution in [-0.2, 0) is 16.4 Å². The van der Waals surface area contributed by atoms with Crippen LogP contribution in [0.3, 0.4) is 0 Å². The van der Waals surface area contributed by atoms with Gasteiger partial charge in [0.2, 0.25) is 0 Å². The number of aryl methyl sites for hydroxylation is 1. The third-order valence-corrected chi connectivity index (χ3v) is 7.17. The van der Waals surface area contributed by atoms with Crippen LogP contribution in [0.25, 0.3) is 20.8 Å². The number of aromatic nitrogens is 1. The van der Waals surface area contributed by atoms with Crippen LogP contribution in [-0.4, -0.2) is 13.4 Å². The highest BCUT2D eigenvalue weighted by molar-refractivity contribution is 7.92. The second-order valence-corrected chi connectivity index (χ2v) is 9.40. The lowest BCUT2D eigenvalue weighted by molar-refractivity contribution is 0.601. The Balaban J connectivity index is 1.62. The summed E-state index contributed by atoms with van der Waals surface area (Å²) in [6.45, 7) is 2.02. The van der Waals surface area contributed by atoms with E-state index in [1.165, 1.54) is 0 Å². The first-order chi connectivity index (χ1) is 13.5. The molecule has 1 heterocycles. The molecule has 0 saturated carbocycles. The molecule has 0 unspecified atom stereocenters. The van der Waals surface area contributed by atoms with E-state index in [0.717, 1.165) is 32.8 Å². The van der Waals surface area contributed by atoms with E-state index in [1.807, 2.05) is 43.3 Å². The van der Waals surface area contributed by atoms with E-state index in [4.69, 9.17) is 11.6 Å². The van der Waals surface area contributed by atoms with Gasteiger partial charge in [0, 0.05) is 5.56 Å². The number of benzene rings is 3. The summed E-state index contributed by atoms with van der Waals surface area (Å²) in [6, 6.07) is 19.8. The van der Waals surface area contributed by atoms with Crippen LogP contribution in [0.1, 0.15) is 12.5 Å². The van der Waals surface area contributed by atoms with Gasteiger partial charge in [0.05, 0.1) is 25.8 Å². The zero-order chi connectivity index (χ0) is 19.7. The molecule has 0 atom stereocenters. The Hall–Kier alpha value is -2.41. The van der Waals surface area contributed by atoms with Crippen molar-refractivity contribution in [3.8, 4) is 10.6 Å². The van der Waals surface area contributed by atoms with Gasteiger partial charge < -0.3 is 0 Å². The predicted molar refractivity (Wildman–Crippen MR) is 117 cm³/mol. The molecule has 3 aromatic carbocycles. The number of hydrogen-bond donors (Lipinski definition) is 1. The Morgan fingerprint density at radius 1 is 1.04 bits per heavy atom. The molecule has 0 radical (unpaired) electrons. The van der Waals surface area contributed by atoms with E-state index >= 15 is 0 Å². The third kappa shape index (κ3) is 3.76. The minimum absolute atomic E-state index is 0.219. The maximum Gasteiger partial charge on any atom is 0.261 e. The molecular formula is C21H17ClN2O2S2. The van der Waals surface area contributed by atoms with Crippen LogP contribution < -0.4 is 4.72 Å². The number of nitrogens with zero attached hydrogens (tertiary/aromatic N) is 1. The van der Waals surface area contributed by atoms with Gasteiger partial charge in [-0.15, -0.1) is 11.3 Å². The van der Waals surface area contributed by atoms with Gasteiger partial charge in [0.15, 0.2) is 0 Å². The van der Waals surface area contributed by atoms with E-state index in [1.54, 1.807) is 41.7 Å². The zero-order valence-corrected chi connectivity index (χ0v) is 17.4. The summed E-state index contributed by atoms with van der Waals surface area (Å²) in [6.07, 6.45) is 0.858. The molecular weight excluding hydrogens is 412 g/mol. The van der Waals surface area contributed by atoms with E-state index in [2.05, 4.69) is 9.71 Å². The predicted octanol–water partition coefficient (Wildman–Crippen LogP) is 5.98. The standard InChI is InChI=1S/C21H17ClN2O2S2/c1-2-14-7-10-16(11-8-14)28(25,26)24-15-9-12-17(18(22)13-15)21-23-19-5-3-4-6-20(19)27-21/h3-13,24H,2H2,1H3. The Bertz CT molecular complexity index is 1220. The Labute approximate surface area is 172 Å². The highest BCUT2D eigenvalue weighted by atomic mass is 35.5. The van der Waals surface area contributed by atoms with Gasteiger partial charge in [0.25, 0.3) is 10.0 Å². The summed E-state index contributed by atoms with van der Waals surface area (Å²) in [5.74, 6) is 0. The molecule has 7 heteroatoms. The zero-order valence-electron chi connectivity index (χ0n) is 15.0. The van der Waals surface area contributed by atoms with Gasteiger partial charge in [-0.05, 0) is 54.4 Å². The number of nitrogens with one attached hydrogen (secondary N) is 1. The van der Waals surface area contributed by atoms with Crippen LogP contribution in [0.15, 0.2) is 71.6 Å². The van der Waals surface area contributed by atoms with E-state index in [9.17, 15) is 8.42 Å². The Kier molecular flexibility index (Phi) is 5.10. The fraction of sp³-hybridized carbons (Fsp3) is 0.0952. The second kappa shape index (κ2) is 7.54. The molecule has 0 aliphatic carbocycles. The number of halogens is 1. The average Bonchev–Trinajstić information content (AvgIpc) is 3.11. The first kappa shape index (κ1) is 18.9. The molecule has 0 aliphatic rings. The van der Waals surface area contributed by atoms with Crippen molar-refractivity contribution < 1.29 is 8.42 Å². The molecule has 1 N–H and O–H groups in total. The smallest absolute Gasteiger partial charge is 0.261 e. The number of para-hydroxylation sites is 1. The van der Waals surface area contributed by atoms with Crippen LogP contribution in [0, 0.1) is 0 Å². The highest BCUT2D eigenvalue weighted by Gasteiger charge is 2.16. The fourth-order valence-corrected chi connectivity index (χ4v) is 5.24. The highest BCUT2D eigenvalue weighted by Crippen LogP contribution is 2.35. The molecule has 0 fully saturated rings. The van der Waals surface area contributed by atoms with Gasteiger partial charge in [-0.1, -0.05) is 42.8 Å². The summed E-state index contributed by atoms with van der Waals surface area (Å²) in [4.78, 5) is 4.83. The molecule has 0 amide bonds. The Morgan fingerprint density at radius 2 is 1.79 bits per heavy atom. The number of fused-ring (bicyclic) bond motifs is 1. The van der Waals surface area contributed by atoms with Gasteiger partial charge in [-0.2, -0.15) is 0 Å². The third-order valence-electron chi connectivity index (χ3n) is 4.39. The summed E-state index contributed by atoms with van der Waals surface area (Å²) in [5.41, 5.74) is 3.19. The molecule has 4 rings (SSSR count). The van der Waals surface area contributed by atoms with Gasteiger partial charge in [0.1, 0.15) is 5.01 Å². The maximum atomic E-state index is 12.6. The van der Waals surface area contributed by atoms with Crippen LogP contribution >= 0.6 is 22.9 Å². The van der Waals surface area contributed by atoms with E-state index < -0.39 is 10.0 Å². The second-order valence-electron chi connectivity index (χ2n) is 6.28. The van der Waals surface area contributed by atoms with Crippen molar-refractivity contribution in [1.82, 2.24) is 4.98 Å². The number of sulfonamides is 1. The number of hydrogen-bond acceptors (Lipinski definition) is 4. The lowest BCUT2D eigenvalue weighted by Crippen LogP contribution is -2.12. The first-order valence-electron chi connectivity index (χ1n) is 8.73. The molecule has 1 aromatic heterocycles. The fourth-order valence-electron chi connectivity index (χ4n) is 2.86. The molecule has 0 spiro atoms. The van der Waals surface area contributed by atoms with Gasteiger partial charge >= 0.3 is 0 Å². The van der Waals surface area contributed by atoms with E-state index in [0.29, 0.717) is 10.7 Å². The average molecular weight is 429 g/mol. The van der Waals surface area contributed by atoms with Crippen molar-refractivity contribution >= 4 is 48.9 Å². The topological polar surface area (TPSA) is 59.1 Å². The van der Waals surface area contributed by atoms with Crippen LogP contribution in [0.5, 0.6) is 0 Å². The number of thiazole rings is 1. The van der Waals surface area contributed by atoms with Crippen LogP contribution in [0.4, 0.5) is 5.69 Å². The SMILES string of the molecule is CCc1ccc(S(=O)(=O)Nc2ccc(-c3nc4ccccc4s3)c(Cl)c2)cc1. The number of rotatable bonds is 5. The van der Waals surface area contributed by atoms with Gasteiger partial charge in [-0.25, -0.2) is 13.4 Å². The molecule has 28 heavy (non-hydrogen) atoms. The van der Waals surface area contributed by atoms with Crippen molar-refractivity contribution in [2.75, 3.05) is 4.72 Å². The largest absolute Gasteiger partial charge is 0.280 e.